The standard InChI is InChI=1S/C16H15BrFN3O2S2/c1-2-21-15-6-5-12(25(19,22)23)8-14(15)20-16(21)24-9-10-3-4-11(17)7-13(10)18/h3-8H,2,9H2,1H3,(H2,19,22,23). The highest BCUT2D eigenvalue weighted by Gasteiger charge is 2.15. The van der Waals surface area contributed by atoms with Crippen molar-refractivity contribution in [1.82, 2.24) is 9.55 Å². The van der Waals surface area contributed by atoms with Crippen LogP contribution >= 0.6 is 27.7 Å². The highest BCUT2D eigenvalue weighted by molar-refractivity contribution is 9.10. The van der Waals surface area contributed by atoms with Crippen LogP contribution in [0.5, 0.6) is 0 Å². The Labute approximate surface area is 157 Å². The maximum atomic E-state index is 14.0. The van der Waals surface area contributed by atoms with Crippen LogP contribution in [-0.4, -0.2) is 18.0 Å². The van der Waals surface area contributed by atoms with Gasteiger partial charge in [0.05, 0.1) is 15.9 Å². The van der Waals surface area contributed by atoms with Crippen LogP contribution < -0.4 is 5.14 Å². The van der Waals surface area contributed by atoms with Gasteiger partial charge in [0, 0.05) is 16.8 Å². The molecule has 1 aromatic heterocycles. The number of halogens is 2. The van der Waals surface area contributed by atoms with E-state index >= 15 is 0 Å². The van der Waals surface area contributed by atoms with E-state index in [1.54, 1.807) is 18.2 Å². The number of hydrogen-bond donors (Lipinski definition) is 1. The first-order valence-corrected chi connectivity index (χ1v) is 10.7. The SMILES string of the molecule is CCn1c(SCc2ccc(Br)cc2F)nc2cc(S(N)(=O)=O)ccc21. The second-order valence-electron chi connectivity index (χ2n) is 5.36. The Morgan fingerprint density at radius 1 is 1.28 bits per heavy atom. The molecule has 0 aliphatic carbocycles. The number of nitrogens with zero attached hydrogens (tertiary/aromatic N) is 2. The summed E-state index contributed by atoms with van der Waals surface area (Å²) in [6.07, 6.45) is 0. The fourth-order valence-electron chi connectivity index (χ4n) is 2.46. The topological polar surface area (TPSA) is 78.0 Å². The normalized spacial score (nSPS) is 12.0. The van der Waals surface area contributed by atoms with Gasteiger partial charge in [-0.2, -0.15) is 0 Å². The van der Waals surface area contributed by atoms with Crippen molar-refractivity contribution in [3.8, 4) is 0 Å². The zero-order valence-corrected chi connectivity index (χ0v) is 16.5. The molecule has 0 spiro atoms. The van der Waals surface area contributed by atoms with Crippen LogP contribution in [0, 0.1) is 5.82 Å². The van der Waals surface area contributed by atoms with Gasteiger partial charge in [0.2, 0.25) is 10.0 Å². The summed E-state index contributed by atoms with van der Waals surface area (Å²) in [5.74, 6) is 0.141. The smallest absolute Gasteiger partial charge is 0.238 e. The van der Waals surface area contributed by atoms with E-state index in [4.69, 9.17) is 5.14 Å². The van der Waals surface area contributed by atoms with E-state index in [-0.39, 0.29) is 10.7 Å². The molecule has 3 aromatic rings. The fraction of sp³-hybridized carbons (Fsp3) is 0.188. The third-order valence-electron chi connectivity index (χ3n) is 3.70. The molecule has 0 bridgehead atoms. The van der Waals surface area contributed by atoms with Gasteiger partial charge in [0.25, 0.3) is 0 Å². The number of aromatic nitrogens is 2. The molecule has 0 aliphatic rings. The first kappa shape index (κ1) is 18.4. The Morgan fingerprint density at radius 2 is 2.04 bits per heavy atom. The first-order valence-electron chi connectivity index (χ1n) is 7.39. The Bertz CT molecular complexity index is 1050. The molecule has 0 unspecified atom stereocenters. The molecular weight excluding hydrogens is 429 g/mol. The summed E-state index contributed by atoms with van der Waals surface area (Å²) < 4.78 is 39.6. The van der Waals surface area contributed by atoms with Gasteiger partial charge >= 0.3 is 0 Å². The quantitative estimate of drug-likeness (QED) is 0.606. The summed E-state index contributed by atoms with van der Waals surface area (Å²) in [7, 11) is -3.78. The van der Waals surface area contributed by atoms with Gasteiger partial charge in [0.1, 0.15) is 5.82 Å². The second kappa shape index (κ2) is 7.06. The summed E-state index contributed by atoms with van der Waals surface area (Å²) in [5, 5.41) is 5.88. The van der Waals surface area contributed by atoms with Crippen molar-refractivity contribution in [1.29, 1.82) is 0 Å². The Balaban J connectivity index is 1.95. The third kappa shape index (κ3) is 3.89. The van der Waals surface area contributed by atoms with Crippen LogP contribution in [0.3, 0.4) is 0 Å². The summed E-state index contributed by atoms with van der Waals surface area (Å²) >= 11 is 4.64. The fourth-order valence-corrected chi connectivity index (χ4v) is 4.39. The monoisotopic (exact) mass is 443 g/mol. The summed E-state index contributed by atoms with van der Waals surface area (Å²) in [4.78, 5) is 4.52. The van der Waals surface area contributed by atoms with Crippen LogP contribution in [0.15, 0.2) is 50.9 Å². The third-order valence-corrected chi connectivity index (χ3v) is 6.13. The van der Waals surface area contributed by atoms with Gasteiger partial charge in [-0.15, -0.1) is 0 Å². The number of thioether (sulfide) groups is 1. The molecule has 0 fully saturated rings. The van der Waals surface area contributed by atoms with Gasteiger partial charge < -0.3 is 4.57 Å². The van der Waals surface area contributed by atoms with Gasteiger partial charge in [0.15, 0.2) is 5.16 Å². The van der Waals surface area contributed by atoms with E-state index in [1.807, 2.05) is 11.5 Å². The van der Waals surface area contributed by atoms with Crippen molar-refractivity contribution in [3.63, 3.8) is 0 Å². The molecule has 0 radical (unpaired) electrons. The van der Waals surface area contributed by atoms with E-state index in [0.29, 0.717) is 33.0 Å². The number of benzene rings is 2. The number of hydrogen-bond acceptors (Lipinski definition) is 4. The molecule has 0 saturated heterocycles. The molecule has 0 atom stereocenters. The molecule has 1 heterocycles. The zero-order valence-electron chi connectivity index (χ0n) is 13.2. The van der Waals surface area contributed by atoms with Crippen LogP contribution in [0.4, 0.5) is 4.39 Å². The highest BCUT2D eigenvalue weighted by Crippen LogP contribution is 2.29. The molecule has 3 rings (SSSR count). The minimum atomic E-state index is -3.78. The first-order chi connectivity index (χ1) is 11.8. The predicted molar refractivity (Wildman–Crippen MR) is 100 cm³/mol. The molecule has 2 aromatic carbocycles. The molecule has 5 nitrogen and oxygen atoms in total. The zero-order chi connectivity index (χ0) is 18.2. The van der Waals surface area contributed by atoms with E-state index < -0.39 is 10.0 Å². The Morgan fingerprint density at radius 3 is 2.68 bits per heavy atom. The Hall–Kier alpha value is -1.42. The van der Waals surface area contributed by atoms with Gasteiger partial charge in [-0.05, 0) is 42.8 Å². The van der Waals surface area contributed by atoms with Gasteiger partial charge in [-0.1, -0.05) is 33.8 Å². The number of fused-ring (bicyclic) bond motifs is 1. The number of rotatable bonds is 5. The van der Waals surface area contributed by atoms with E-state index in [9.17, 15) is 12.8 Å². The average molecular weight is 444 g/mol. The van der Waals surface area contributed by atoms with E-state index in [1.165, 1.54) is 30.0 Å². The molecule has 0 saturated carbocycles. The Kier molecular flexibility index (Phi) is 5.19. The van der Waals surface area contributed by atoms with Crippen molar-refractivity contribution in [2.24, 2.45) is 5.14 Å². The number of imidazole rings is 1. The second-order valence-corrected chi connectivity index (χ2v) is 8.78. The lowest BCUT2D eigenvalue weighted by molar-refractivity contribution is 0.598. The van der Waals surface area contributed by atoms with Crippen LogP contribution in [0.2, 0.25) is 0 Å². The van der Waals surface area contributed by atoms with Crippen molar-refractivity contribution in [2.45, 2.75) is 29.3 Å². The molecule has 132 valence electrons. The van der Waals surface area contributed by atoms with Crippen molar-refractivity contribution >= 4 is 48.7 Å². The van der Waals surface area contributed by atoms with Crippen LogP contribution in [0.25, 0.3) is 11.0 Å². The predicted octanol–water partition coefficient (Wildman–Crippen LogP) is 3.90. The lowest BCUT2D eigenvalue weighted by Gasteiger charge is -2.06. The minimum absolute atomic E-state index is 0.0243. The molecule has 25 heavy (non-hydrogen) atoms. The highest BCUT2D eigenvalue weighted by atomic mass is 79.9. The molecule has 0 amide bonds. The van der Waals surface area contributed by atoms with Crippen molar-refractivity contribution in [3.05, 3.63) is 52.3 Å². The molecule has 9 heteroatoms. The summed E-state index contributed by atoms with van der Waals surface area (Å²) in [6.45, 7) is 2.63. The van der Waals surface area contributed by atoms with Crippen LogP contribution in [0.1, 0.15) is 12.5 Å². The minimum Gasteiger partial charge on any atom is -0.319 e. The molecular formula is C16H15BrFN3O2S2. The number of nitrogens with two attached hydrogens (primary N) is 1. The molecule has 2 N–H and O–H groups in total. The van der Waals surface area contributed by atoms with Crippen LogP contribution in [-0.2, 0) is 22.3 Å². The van der Waals surface area contributed by atoms with Gasteiger partial charge in [-0.3, -0.25) is 0 Å². The average Bonchev–Trinajstić information content (AvgIpc) is 2.89. The summed E-state index contributed by atoms with van der Waals surface area (Å²) in [6, 6.07) is 9.56. The van der Waals surface area contributed by atoms with Gasteiger partial charge in [-0.25, -0.2) is 22.9 Å². The lowest BCUT2D eigenvalue weighted by atomic mass is 10.2. The number of primary sulfonamides is 1. The van der Waals surface area contributed by atoms with E-state index in [0.717, 1.165) is 5.52 Å². The number of sulfonamides is 1. The lowest BCUT2D eigenvalue weighted by Crippen LogP contribution is -2.11. The van der Waals surface area contributed by atoms with E-state index in [2.05, 4.69) is 20.9 Å². The van der Waals surface area contributed by atoms with Crippen molar-refractivity contribution in [2.75, 3.05) is 0 Å². The molecule has 0 aliphatic heterocycles. The summed E-state index contributed by atoms with van der Waals surface area (Å²) in [5.41, 5.74) is 1.94. The maximum Gasteiger partial charge on any atom is 0.238 e. The largest absolute Gasteiger partial charge is 0.319 e. The maximum absolute atomic E-state index is 14.0. The number of aryl methyl sites for hydroxylation is 1. The van der Waals surface area contributed by atoms with Crippen molar-refractivity contribution < 1.29 is 12.8 Å².